The number of rotatable bonds is 10. The van der Waals surface area contributed by atoms with Crippen LogP contribution in [0.4, 0.5) is 0 Å². The normalized spacial score (nSPS) is 14.3. The number of aromatic nitrogens is 1. The molecule has 1 aromatic heterocycles. The van der Waals surface area contributed by atoms with Crippen molar-refractivity contribution in [3.63, 3.8) is 0 Å². The van der Waals surface area contributed by atoms with Crippen LogP contribution < -0.4 is 14.8 Å². The molecule has 1 aliphatic rings. The van der Waals surface area contributed by atoms with Crippen LogP contribution in [0.1, 0.15) is 50.9 Å². The maximum absolute atomic E-state index is 12.6. The van der Waals surface area contributed by atoms with Crippen LogP contribution >= 0.6 is 11.3 Å². The van der Waals surface area contributed by atoms with E-state index in [0.29, 0.717) is 24.5 Å². The van der Waals surface area contributed by atoms with Crippen molar-refractivity contribution in [1.29, 1.82) is 0 Å². The fourth-order valence-corrected chi connectivity index (χ4v) is 6.25. The van der Waals surface area contributed by atoms with E-state index in [-0.39, 0.29) is 42.3 Å². The SMILES string of the molecule is Cc1ccc(S(=O)(=O)NCCNC(=O)c2csc(C3CCN(C(=O)COc4ccc(C)c(C)c4)CC3)n2)cc1. The number of thiazole rings is 1. The molecule has 208 valence electrons. The number of carbonyl (C=O) groups is 2. The first-order valence-corrected chi connectivity index (χ1v) is 15.3. The summed E-state index contributed by atoms with van der Waals surface area (Å²) in [6.45, 7) is 7.38. The summed E-state index contributed by atoms with van der Waals surface area (Å²) in [7, 11) is -3.63. The summed E-state index contributed by atoms with van der Waals surface area (Å²) in [4.78, 5) is 31.7. The highest BCUT2D eigenvalue weighted by atomic mass is 32.2. The second-order valence-electron chi connectivity index (χ2n) is 9.73. The van der Waals surface area contributed by atoms with E-state index < -0.39 is 10.0 Å². The average Bonchev–Trinajstić information content (AvgIpc) is 3.42. The molecular formula is C28H34N4O5S2. The lowest BCUT2D eigenvalue weighted by molar-refractivity contribution is -0.134. The molecule has 39 heavy (non-hydrogen) atoms. The predicted molar refractivity (Wildman–Crippen MR) is 151 cm³/mol. The van der Waals surface area contributed by atoms with Gasteiger partial charge in [-0.25, -0.2) is 18.1 Å². The lowest BCUT2D eigenvalue weighted by Crippen LogP contribution is -2.40. The van der Waals surface area contributed by atoms with Crippen molar-refractivity contribution in [1.82, 2.24) is 19.9 Å². The van der Waals surface area contributed by atoms with Gasteiger partial charge in [0.2, 0.25) is 10.0 Å². The lowest BCUT2D eigenvalue weighted by Gasteiger charge is -2.31. The summed E-state index contributed by atoms with van der Waals surface area (Å²) in [5, 5.41) is 5.31. The number of nitrogens with one attached hydrogen (secondary N) is 2. The summed E-state index contributed by atoms with van der Waals surface area (Å²) < 4.78 is 32.9. The monoisotopic (exact) mass is 570 g/mol. The van der Waals surface area contributed by atoms with E-state index in [1.54, 1.807) is 29.6 Å². The largest absolute Gasteiger partial charge is 0.484 e. The zero-order chi connectivity index (χ0) is 28.0. The molecule has 0 atom stereocenters. The number of benzene rings is 2. The van der Waals surface area contributed by atoms with Gasteiger partial charge in [-0.3, -0.25) is 9.59 Å². The van der Waals surface area contributed by atoms with Gasteiger partial charge in [-0.05, 0) is 69.0 Å². The van der Waals surface area contributed by atoms with Gasteiger partial charge in [-0.2, -0.15) is 0 Å². The Hall–Kier alpha value is -3.28. The van der Waals surface area contributed by atoms with Crippen LogP contribution in [0.3, 0.4) is 0 Å². The molecule has 4 rings (SSSR count). The number of aryl methyl sites for hydroxylation is 3. The van der Waals surface area contributed by atoms with Gasteiger partial charge in [-0.15, -0.1) is 11.3 Å². The summed E-state index contributed by atoms with van der Waals surface area (Å²) in [6.07, 6.45) is 1.54. The number of carbonyl (C=O) groups excluding carboxylic acids is 2. The third-order valence-electron chi connectivity index (χ3n) is 6.83. The van der Waals surface area contributed by atoms with E-state index in [2.05, 4.69) is 15.0 Å². The number of piperidine rings is 1. The van der Waals surface area contributed by atoms with Crippen LogP contribution in [0.2, 0.25) is 0 Å². The molecule has 3 aromatic rings. The Morgan fingerprint density at radius 1 is 1.03 bits per heavy atom. The highest BCUT2D eigenvalue weighted by Crippen LogP contribution is 2.30. The average molecular weight is 571 g/mol. The molecule has 0 aliphatic carbocycles. The third kappa shape index (κ3) is 7.65. The van der Waals surface area contributed by atoms with Crippen LogP contribution in [-0.2, 0) is 14.8 Å². The third-order valence-corrected chi connectivity index (χ3v) is 9.31. The van der Waals surface area contributed by atoms with Crippen molar-refractivity contribution in [2.45, 2.75) is 44.4 Å². The fourth-order valence-electron chi connectivity index (χ4n) is 4.25. The van der Waals surface area contributed by atoms with Crippen molar-refractivity contribution >= 4 is 33.2 Å². The molecule has 11 heteroatoms. The van der Waals surface area contributed by atoms with Crippen molar-refractivity contribution < 1.29 is 22.7 Å². The van der Waals surface area contributed by atoms with E-state index in [1.807, 2.05) is 43.9 Å². The molecule has 2 N–H and O–H groups in total. The second kappa shape index (κ2) is 12.7. The maximum Gasteiger partial charge on any atom is 0.270 e. The molecule has 2 heterocycles. The Balaban J connectivity index is 1.19. The molecule has 2 aromatic carbocycles. The van der Waals surface area contributed by atoms with Crippen LogP contribution in [0.25, 0.3) is 0 Å². The Labute approximate surface area is 233 Å². The minimum absolute atomic E-state index is 0.00984. The zero-order valence-electron chi connectivity index (χ0n) is 22.4. The van der Waals surface area contributed by atoms with E-state index in [9.17, 15) is 18.0 Å². The first-order valence-electron chi connectivity index (χ1n) is 12.9. The Morgan fingerprint density at radius 3 is 2.44 bits per heavy atom. The lowest BCUT2D eigenvalue weighted by atomic mass is 9.97. The predicted octanol–water partition coefficient (Wildman–Crippen LogP) is 3.56. The molecule has 1 aliphatic heterocycles. The van der Waals surface area contributed by atoms with Gasteiger partial charge in [0, 0.05) is 37.5 Å². The number of hydrogen-bond donors (Lipinski definition) is 2. The Bertz CT molecular complexity index is 1410. The molecule has 0 radical (unpaired) electrons. The summed E-state index contributed by atoms with van der Waals surface area (Å²) in [5.74, 6) is 0.494. The van der Waals surface area contributed by atoms with Gasteiger partial charge < -0.3 is 15.0 Å². The van der Waals surface area contributed by atoms with Gasteiger partial charge in [0.1, 0.15) is 11.4 Å². The van der Waals surface area contributed by atoms with E-state index in [1.165, 1.54) is 16.9 Å². The summed E-state index contributed by atoms with van der Waals surface area (Å²) in [5.41, 5.74) is 3.60. The first kappa shape index (κ1) is 28.7. The minimum Gasteiger partial charge on any atom is -0.484 e. The van der Waals surface area contributed by atoms with Gasteiger partial charge in [0.25, 0.3) is 11.8 Å². The molecular weight excluding hydrogens is 536 g/mol. The zero-order valence-corrected chi connectivity index (χ0v) is 24.0. The maximum atomic E-state index is 12.6. The Kier molecular flexibility index (Phi) is 9.36. The second-order valence-corrected chi connectivity index (χ2v) is 12.4. The molecule has 0 unspecified atom stereocenters. The van der Waals surface area contributed by atoms with Crippen molar-refractivity contribution in [3.8, 4) is 5.75 Å². The van der Waals surface area contributed by atoms with Gasteiger partial charge in [0.15, 0.2) is 6.61 Å². The van der Waals surface area contributed by atoms with Gasteiger partial charge in [-0.1, -0.05) is 23.8 Å². The van der Waals surface area contributed by atoms with Gasteiger partial charge in [0.05, 0.1) is 9.90 Å². The molecule has 9 nitrogen and oxygen atoms in total. The fraction of sp³-hybridized carbons (Fsp3) is 0.393. The van der Waals surface area contributed by atoms with Gasteiger partial charge >= 0.3 is 0 Å². The standard InChI is InChI=1S/C28H34N4O5S2/c1-19-4-8-24(9-5-19)39(35,36)30-13-12-29-27(34)25-18-38-28(31-25)22-10-14-32(15-11-22)26(33)17-37-23-7-6-20(2)21(3)16-23/h4-9,16,18,22,30H,10-15,17H2,1-3H3,(H,29,34). The van der Waals surface area contributed by atoms with Crippen LogP contribution in [0, 0.1) is 20.8 Å². The number of hydrogen-bond acceptors (Lipinski definition) is 7. The van der Waals surface area contributed by atoms with Crippen LogP contribution in [-0.4, -0.2) is 62.9 Å². The summed E-state index contributed by atoms with van der Waals surface area (Å²) in [6, 6.07) is 12.4. The highest BCUT2D eigenvalue weighted by molar-refractivity contribution is 7.89. The number of amides is 2. The minimum atomic E-state index is -3.63. The number of likely N-dealkylation sites (tertiary alicyclic amines) is 1. The molecule has 1 fully saturated rings. The molecule has 2 amide bonds. The first-order chi connectivity index (χ1) is 18.6. The number of nitrogens with zero attached hydrogens (tertiary/aromatic N) is 2. The van der Waals surface area contributed by atoms with E-state index >= 15 is 0 Å². The van der Waals surface area contributed by atoms with Crippen molar-refractivity contribution in [3.05, 3.63) is 75.2 Å². The smallest absolute Gasteiger partial charge is 0.270 e. The Morgan fingerprint density at radius 2 is 1.74 bits per heavy atom. The van der Waals surface area contributed by atoms with E-state index in [4.69, 9.17) is 4.74 Å². The molecule has 1 saturated heterocycles. The van der Waals surface area contributed by atoms with Crippen LogP contribution in [0.15, 0.2) is 52.7 Å². The quantitative estimate of drug-likeness (QED) is 0.360. The topological polar surface area (TPSA) is 118 Å². The van der Waals surface area contributed by atoms with Crippen molar-refractivity contribution in [2.75, 3.05) is 32.8 Å². The van der Waals surface area contributed by atoms with E-state index in [0.717, 1.165) is 29.0 Å². The van der Waals surface area contributed by atoms with Crippen LogP contribution in [0.5, 0.6) is 5.75 Å². The highest BCUT2D eigenvalue weighted by Gasteiger charge is 2.26. The molecule has 0 saturated carbocycles. The molecule has 0 bridgehead atoms. The number of ether oxygens (including phenoxy) is 1. The summed E-state index contributed by atoms with van der Waals surface area (Å²) >= 11 is 1.43. The number of sulfonamides is 1. The molecule has 0 spiro atoms. The van der Waals surface area contributed by atoms with Crippen molar-refractivity contribution in [2.24, 2.45) is 0 Å².